The fourth-order valence-corrected chi connectivity index (χ4v) is 1.63. The Morgan fingerprint density at radius 3 is 2.74 bits per heavy atom. The van der Waals surface area contributed by atoms with Crippen LogP contribution in [0.15, 0.2) is 30.9 Å². The smallest absolute Gasteiger partial charge is 0.145 e. The minimum atomic E-state index is 0.689. The maximum Gasteiger partial charge on any atom is 0.145 e. The van der Waals surface area contributed by atoms with Gasteiger partial charge >= 0.3 is 0 Å². The summed E-state index contributed by atoms with van der Waals surface area (Å²) >= 11 is 0. The highest BCUT2D eigenvalue weighted by Gasteiger charge is 2.04. The number of nitrogens with one attached hydrogen (secondary N) is 1. The van der Waals surface area contributed by atoms with Gasteiger partial charge in [0.15, 0.2) is 0 Å². The summed E-state index contributed by atoms with van der Waals surface area (Å²) in [6, 6.07) is 1.93. The second-order valence-electron chi connectivity index (χ2n) is 4.08. The lowest BCUT2D eigenvalue weighted by Crippen LogP contribution is -2.01. The molecule has 0 aliphatic carbocycles. The average Bonchev–Trinajstić information content (AvgIpc) is 2.46. The summed E-state index contributed by atoms with van der Waals surface area (Å²) in [4.78, 5) is 12.8. The Morgan fingerprint density at radius 1 is 1.11 bits per heavy atom. The zero-order valence-electron chi connectivity index (χ0n) is 11.3. The number of pyridine rings is 1. The molecule has 0 aliphatic heterocycles. The lowest BCUT2D eigenvalue weighted by molar-refractivity contribution is 0.316. The van der Waals surface area contributed by atoms with Gasteiger partial charge in [0.05, 0.1) is 30.9 Å². The molecule has 0 aliphatic rings. The van der Waals surface area contributed by atoms with Crippen LogP contribution in [0.4, 0.5) is 5.82 Å². The zero-order valence-corrected chi connectivity index (χ0v) is 11.3. The first-order valence-corrected chi connectivity index (χ1v) is 6.47. The van der Waals surface area contributed by atoms with E-state index in [4.69, 9.17) is 4.74 Å². The Hall–Kier alpha value is -2.17. The van der Waals surface area contributed by atoms with E-state index in [-0.39, 0.29) is 0 Å². The van der Waals surface area contributed by atoms with Crippen LogP contribution in [0.2, 0.25) is 0 Å². The van der Waals surface area contributed by atoms with Crippen molar-refractivity contribution in [1.29, 1.82) is 0 Å². The second-order valence-corrected chi connectivity index (χ2v) is 4.08. The topological polar surface area (TPSA) is 59.9 Å². The van der Waals surface area contributed by atoms with Crippen molar-refractivity contribution in [3.05, 3.63) is 30.9 Å². The van der Waals surface area contributed by atoms with Gasteiger partial charge in [-0.1, -0.05) is 6.92 Å². The fraction of sp³-hybridized carbons (Fsp3) is 0.357. The van der Waals surface area contributed by atoms with Crippen molar-refractivity contribution in [2.45, 2.75) is 20.3 Å². The first kappa shape index (κ1) is 13.3. The number of anilines is 1. The third-order valence-corrected chi connectivity index (χ3v) is 2.47. The maximum absolute atomic E-state index is 5.57. The van der Waals surface area contributed by atoms with Gasteiger partial charge in [0.1, 0.15) is 11.6 Å². The van der Waals surface area contributed by atoms with Crippen molar-refractivity contribution >= 4 is 5.82 Å². The molecule has 0 unspecified atom stereocenters. The Morgan fingerprint density at radius 2 is 1.95 bits per heavy atom. The van der Waals surface area contributed by atoms with Crippen LogP contribution in [0.3, 0.4) is 0 Å². The number of ether oxygens (including phenoxy) is 1. The largest absolute Gasteiger partial charge is 0.492 e. The van der Waals surface area contributed by atoms with Crippen LogP contribution < -0.4 is 10.1 Å². The summed E-state index contributed by atoms with van der Waals surface area (Å²) in [6.07, 6.45) is 7.87. The number of hydrogen-bond acceptors (Lipinski definition) is 5. The molecule has 0 saturated heterocycles. The molecule has 0 fully saturated rings. The van der Waals surface area contributed by atoms with Crippen LogP contribution in [0.25, 0.3) is 11.3 Å². The predicted octanol–water partition coefficient (Wildman–Crippen LogP) is 2.76. The van der Waals surface area contributed by atoms with Gasteiger partial charge in [-0.2, -0.15) is 0 Å². The van der Waals surface area contributed by atoms with Gasteiger partial charge in [-0.25, -0.2) is 4.98 Å². The standard InChI is InChI=1S/C14H18N4O/c1-3-5-19-12-6-11(7-15-8-12)13-9-16-10-14(18-13)17-4-2/h6-10H,3-5H2,1-2H3,(H,17,18). The molecule has 2 aromatic heterocycles. The van der Waals surface area contributed by atoms with Crippen LogP contribution in [-0.2, 0) is 0 Å². The highest BCUT2D eigenvalue weighted by molar-refractivity contribution is 5.60. The van der Waals surface area contributed by atoms with Crippen LogP contribution in [0, 0.1) is 0 Å². The van der Waals surface area contributed by atoms with E-state index in [0.29, 0.717) is 6.61 Å². The molecule has 0 aromatic carbocycles. The number of rotatable bonds is 6. The number of aromatic nitrogens is 3. The lowest BCUT2D eigenvalue weighted by atomic mass is 10.2. The van der Waals surface area contributed by atoms with Gasteiger partial charge in [-0.05, 0) is 19.4 Å². The summed E-state index contributed by atoms with van der Waals surface area (Å²) in [6.45, 7) is 5.60. The molecule has 5 heteroatoms. The van der Waals surface area contributed by atoms with Gasteiger partial charge in [0.2, 0.25) is 0 Å². The van der Waals surface area contributed by atoms with E-state index in [0.717, 1.165) is 35.8 Å². The molecule has 2 rings (SSSR count). The summed E-state index contributed by atoms with van der Waals surface area (Å²) in [5.41, 5.74) is 1.69. The van der Waals surface area contributed by atoms with E-state index in [1.54, 1.807) is 24.8 Å². The molecule has 2 aromatic rings. The predicted molar refractivity (Wildman–Crippen MR) is 75.2 cm³/mol. The van der Waals surface area contributed by atoms with Gasteiger partial charge in [-0.15, -0.1) is 0 Å². The van der Waals surface area contributed by atoms with Crippen molar-refractivity contribution in [1.82, 2.24) is 15.0 Å². The zero-order chi connectivity index (χ0) is 13.5. The fourth-order valence-electron chi connectivity index (χ4n) is 1.63. The Bertz CT molecular complexity index is 530. The maximum atomic E-state index is 5.57. The summed E-state index contributed by atoms with van der Waals surface area (Å²) in [5.74, 6) is 1.52. The monoisotopic (exact) mass is 258 g/mol. The van der Waals surface area contributed by atoms with E-state index in [2.05, 4.69) is 27.2 Å². The molecule has 0 atom stereocenters. The minimum absolute atomic E-state index is 0.689. The third kappa shape index (κ3) is 3.64. The van der Waals surface area contributed by atoms with Crippen molar-refractivity contribution in [3.63, 3.8) is 0 Å². The van der Waals surface area contributed by atoms with Gasteiger partial charge in [0.25, 0.3) is 0 Å². The molecule has 100 valence electrons. The normalized spacial score (nSPS) is 10.2. The summed E-state index contributed by atoms with van der Waals surface area (Å²) in [7, 11) is 0. The van der Waals surface area contributed by atoms with Crippen LogP contribution in [0.5, 0.6) is 5.75 Å². The van der Waals surface area contributed by atoms with Crippen LogP contribution in [-0.4, -0.2) is 28.1 Å². The molecular formula is C14H18N4O. The molecule has 0 amide bonds. The van der Waals surface area contributed by atoms with E-state index in [1.807, 2.05) is 13.0 Å². The van der Waals surface area contributed by atoms with Crippen molar-refractivity contribution in [3.8, 4) is 17.0 Å². The molecule has 5 nitrogen and oxygen atoms in total. The lowest BCUT2D eigenvalue weighted by Gasteiger charge is -2.07. The van der Waals surface area contributed by atoms with Crippen molar-refractivity contribution in [2.24, 2.45) is 0 Å². The van der Waals surface area contributed by atoms with Gasteiger partial charge < -0.3 is 10.1 Å². The molecule has 0 saturated carbocycles. The molecular weight excluding hydrogens is 240 g/mol. The van der Waals surface area contributed by atoms with Gasteiger partial charge in [-0.3, -0.25) is 9.97 Å². The highest BCUT2D eigenvalue weighted by Crippen LogP contribution is 2.21. The van der Waals surface area contributed by atoms with E-state index in [9.17, 15) is 0 Å². The molecule has 0 bridgehead atoms. The molecule has 0 radical (unpaired) electrons. The van der Waals surface area contributed by atoms with Crippen LogP contribution in [0.1, 0.15) is 20.3 Å². The van der Waals surface area contributed by atoms with Gasteiger partial charge in [0, 0.05) is 18.3 Å². The second kappa shape index (κ2) is 6.68. The molecule has 0 spiro atoms. The van der Waals surface area contributed by atoms with Crippen molar-refractivity contribution < 1.29 is 4.74 Å². The summed E-state index contributed by atoms with van der Waals surface area (Å²) in [5, 5.41) is 3.14. The first-order chi connectivity index (χ1) is 9.33. The Kier molecular flexibility index (Phi) is 4.66. The van der Waals surface area contributed by atoms with E-state index in [1.165, 1.54) is 0 Å². The van der Waals surface area contributed by atoms with Crippen molar-refractivity contribution in [2.75, 3.05) is 18.5 Å². The molecule has 2 heterocycles. The quantitative estimate of drug-likeness (QED) is 0.863. The summed E-state index contributed by atoms with van der Waals surface area (Å²) < 4.78 is 5.57. The minimum Gasteiger partial charge on any atom is -0.492 e. The third-order valence-electron chi connectivity index (χ3n) is 2.47. The average molecular weight is 258 g/mol. The number of hydrogen-bond donors (Lipinski definition) is 1. The highest BCUT2D eigenvalue weighted by atomic mass is 16.5. The first-order valence-electron chi connectivity index (χ1n) is 6.47. The van der Waals surface area contributed by atoms with Crippen LogP contribution >= 0.6 is 0 Å². The molecule has 1 N–H and O–H groups in total. The molecule has 19 heavy (non-hydrogen) atoms. The van der Waals surface area contributed by atoms with E-state index < -0.39 is 0 Å². The number of nitrogens with zero attached hydrogens (tertiary/aromatic N) is 3. The Balaban J connectivity index is 2.23. The Labute approximate surface area is 113 Å². The van der Waals surface area contributed by atoms with E-state index >= 15 is 0 Å². The SMILES string of the molecule is CCCOc1cncc(-c2cncc(NCC)n2)c1.